The third kappa shape index (κ3) is 2.83. The highest BCUT2D eigenvalue weighted by atomic mass is 32.1. The van der Waals surface area contributed by atoms with E-state index < -0.39 is 0 Å². The molecule has 1 aromatic heterocycles. The lowest BCUT2D eigenvalue weighted by Crippen LogP contribution is -2.29. The van der Waals surface area contributed by atoms with Crippen molar-refractivity contribution in [3.05, 3.63) is 57.8 Å². The number of nitrogens with zero attached hydrogens (tertiary/aromatic N) is 2. The quantitative estimate of drug-likeness (QED) is 0.857. The maximum Gasteiger partial charge on any atom is 0.254 e. The smallest absolute Gasteiger partial charge is 0.254 e. The molecule has 0 radical (unpaired) electrons. The van der Waals surface area contributed by atoms with Gasteiger partial charge in [-0.05, 0) is 42.6 Å². The largest absolute Gasteiger partial charge is 0.334 e. The molecule has 0 bridgehead atoms. The highest BCUT2D eigenvalue weighted by Gasteiger charge is 2.19. The summed E-state index contributed by atoms with van der Waals surface area (Å²) in [5, 5.41) is 10.8. The van der Waals surface area contributed by atoms with Crippen molar-refractivity contribution >= 4 is 17.2 Å². The van der Waals surface area contributed by atoms with Crippen LogP contribution in [0.4, 0.5) is 0 Å². The lowest BCUT2D eigenvalue weighted by atomic mass is 10.1. The SMILES string of the molecule is CC(c1cccs1)N(C)C(=O)c1ccc(C#N)cc1. The first-order valence-electron chi connectivity index (χ1n) is 5.94. The van der Waals surface area contributed by atoms with E-state index in [1.54, 1.807) is 47.5 Å². The van der Waals surface area contributed by atoms with Gasteiger partial charge in [0, 0.05) is 17.5 Å². The van der Waals surface area contributed by atoms with Crippen molar-refractivity contribution in [2.75, 3.05) is 7.05 Å². The molecule has 0 saturated heterocycles. The minimum atomic E-state index is -0.0367. The number of hydrogen-bond acceptors (Lipinski definition) is 3. The highest BCUT2D eigenvalue weighted by Crippen LogP contribution is 2.24. The van der Waals surface area contributed by atoms with Crippen molar-refractivity contribution in [2.45, 2.75) is 13.0 Å². The van der Waals surface area contributed by atoms with E-state index in [1.807, 2.05) is 30.5 Å². The van der Waals surface area contributed by atoms with Gasteiger partial charge in [0.05, 0.1) is 17.7 Å². The predicted molar refractivity (Wildman–Crippen MR) is 76.0 cm³/mol. The van der Waals surface area contributed by atoms with Crippen molar-refractivity contribution in [2.24, 2.45) is 0 Å². The van der Waals surface area contributed by atoms with Crippen LogP contribution in [0.3, 0.4) is 0 Å². The number of benzene rings is 1. The second-order valence-corrected chi connectivity index (χ2v) is 5.28. The van der Waals surface area contributed by atoms with E-state index >= 15 is 0 Å². The molecule has 19 heavy (non-hydrogen) atoms. The average Bonchev–Trinajstić information content (AvgIpc) is 2.99. The van der Waals surface area contributed by atoms with E-state index in [1.165, 1.54) is 0 Å². The van der Waals surface area contributed by atoms with E-state index in [2.05, 4.69) is 0 Å². The molecule has 0 fully saturated rings. The van der Waals surface area contributed by atoms with Crippen molar-refractivity contribution < 1.29 is 4.79 Å². The molecule has 2 aromatic rings. The molecule has 1 heterocycles. The van der Waals surface area contributed by atoms with Crippen LogP contribution in [0.5, 0.6) is 0 Å². The number of carbonyl (C=O) groups is 1. The van der Waals surface area contributed by atoms with Crippen LogP contribution in [0, 0.1) is 11.3 Å². The third-order valence-electron chi connectivity index (χ3n) is 3.12. The van der Waals surface area contributed by atoms with Crippen molar-refractivity contribution in [3.8, 4) is 6.07 Å². The van der Waals surface area contributed by atoms with Gasteiger partial charge in [-0.2, -0.15) is 5.26 Å². The van der Waals surface area contributed by atoms with Crippen LogP contribution in [-0.2, 0) is 0 Å². The van der Waals surface area contributed by atoms with Crippen LogP contribution in [-0.4, -0.2) is 17.9 Å². The second-order valence-electron chi connectivity index (χ2n) is 4.30. The molecule has 4 heteroatoms. The Morgan fingerprint density at radius 3 is 2.53 bits per heavy atom. The Bertz CT molecular complexity index is 596. The molecule has 96 valence electrons. The van der Waals surface area contributed by atoms with Crippen LogP contribution in [0.25, 0.3) is 0 Å². The predicted octanol–water partition coefficient (Wildman–Crippen LogP) is 3.45. The van der Waals surface area contributed by atoms with Gasteiger partial charge in [0.1, 0.15) is 0 Å². The van der Waals surface area contributed by atoms with Gasteiger partial charge in [-0.15, -0.1) is 11.3 Å². The molecule has 1 unspecified atom stereocenters. The molecule has 0 spiro atoms. The Labute approximate surface area is 116 Å². The maximum absolute atomic E-state index is 12.3. The fourth-order valence-corrected chi connectivity index (χ4v) is 2.61. The molecule has 1 amide bonds. The lowest BCUT2D eigenvalue weighted by molar-refractivity contribution is 0.0745. The zero-order valence-corrected chi connectivity index (χ0v) is 11.6. The summed E-state index contributed by atoms with van der Waals surface area (Å²) >= 11 is 1.64. The van der Waals surface area contributed by atoms with Crippen molar-refractivity contribution in [1.29, 1.82) is 5.26 Å². The molecule has 1 atom stereocenters. The van der Waals surface area contributed by atoms with Gasteiger partial charge in [-0.25, -0.2) is 0 Å². The first-order valence-corrected chi connectivity index (χ1v) is 6.82. The lowest BCUT2D eigenvalue weighted by Gasteiger charge is -2.24. The molecule has 3 nitrogen and oxygen atoms in total. The van der Waals surface area contributed by atoms with Gasteiger partial charge in [0.2, 0.25) is 0 Å². The fraction of sp³-hybridized carbons (Fsp3) is 0.200. The summed E-state index contributed by atoms with van der Waals surface area (Å²) in [6, 6.07) is 12.8. The minimum absolute atomic E-state index is 0.0367. The van der Waals surface area contributed by atoms with E-state index in [0.29, 0.717) is 11.1 Å². The molecule has 0 aliphatic rings. The zero-order chi connectivity index (χ0) is 13.8. The number of hydrogen-bond donors (Lipinski definition) is 0. The number of rotatable bonds is 3. The van der Waals surface area contributed by atoms with E-state index in [-0.39, 0.29) is 11.9 Å². The van der Waals surface area contributed by atoms with Crippen LogP contribution in [0.2, 0.25) is 0 Å². The van der Waals surface area contributed by atoms with Gasteiger partial charge in [-0.3, -0.25) is 4.79 Å². The Hall–Kier alpha value is -2.12. The van der Waals surface area contributed by atoms with Gasteiger partial charge >= 0.3 is 0 Å². The molecule has 0 aliphatic heterocycles. The number of nitriles is 1. The van der Waals surface area contributed by atoms with Crippen LogP contribution < -0.4 is 0 Å². The van der Waals surface area contributed by atoms with Gasteiger partial charge < -0.3 is 4.90 Å². The zero-order valence-electron chi connectivity index (χ0n) is 10.8. The monoisotopic (exact) mass is 270 g/mol. The summed E-state index contributed by atoms with van der Waals surface area (Å²) < 4.78 is 0. The normalized spacial score (nSPS) is 11.6. The van der Waals surface area contributed by atoms with Crippen molar-refractivity contribution in [1.82, 2.24) is 4.90 Å². The second kappa shape index (κ2) is 5.68. The summed E-state index contributed by atoms with van der Waals surface area (Å²) in [5.41, 5.74) is 1.16. The Balaban J connectivity index is 2.16. The number of carbonyl (C=O) groups excluding carboxylic acids is 1. The Kier molecular flexibility index (Phi) is 3.98. The molecule has 0 N–H and O–H groups in total. The number of thiophene rings is 1. The molecule has 0 saturated carbocycles. The average molecular weight is 270 g/mol. The summed E-state index contributed by atoms with van der Waals surface area (Å²) in [5.74, 6) is -0.0367. The molecular weight excluding hydrogens is 256 g/mol. The first kappa shape index (κ1) is 13.3. The van der Waals surface area contributed by atoms with Crippen LogP contribution >= 0.6 is 11.3 Å². The maximum atomic E-state index is 12.3. The number of amides is 1. The summed E-state index contributed by atoms with van der Waals surface area (Å²) in [6.07, 6.45) is 0. The van der Waals surface area contributed by atoms with E-state index in [9.17, 15) is 4.79 Å². The standard InChI is InChI=1S/C15H14N2OS/c1-11(14-4-3-9-19-14)17(2)15(18)13-7-5-12(10-16)6-8-13/h3-9,11H,1-2H3. The third-order valence-corrected chi connectivity index (χ3v) is 4.16. The van der Waals surface area contributed by atoms with Crippen molar-refractivity contribution in [3.63, 3.8) is 0 Å². The summed E-state index contributed by atoms with van der Waals surface area (Å²) in [7, 11) is 1.80. The molecule has 2 rings (SSSR count). The summed E-state index contributed by atoms with van der Waals surface area (Å²) in [6.45, 7) is 2.01. The van der Waals surface area contributed by atoms with Gasteiger partial charge in [-0.1, -0.05) is 6.07 Å². The van der Waals surface area contributed by atoms with Crippen LogP contribution in [0.1, 0.15) is 33.8 Å². The van der Waals surface area contributed by atoms with E-state index in [4.69, 9.17) is 5.26 Å². The fourth-order valence-electron chi connectivity index (χ4n) is 1.79. The van der Waals surface area contributed by atoms with Gasteiger partial charge in [0.15, 0.2) is 0 Å². The minimum Gasteiger partial charge on any atom is -0.334 e. The van der Waals surface area contributed by atoms with Gasteiger partial charge in [0.25, 0.3) is 5.91 Å². The van der Waals surface area contributed by atoms with Crippen LogP contribution in [0.15, 0.2) is 41.8 Å². The Morgan fingerprint density at radius 2 is 2.00 bits per heavy atom. The topological polar surface area (TPSA) is 44.1 Å². The first-order chi connectivity index (χ1) is 9.13. The molecule has 1 aromatic carbocycles. The summed E-state index contributed by atoms with van der Waals surface area (Å²) in [4.78, 5) is 15.2. The highest BCUT2D eigenvalue weighted by molar-refractivity contribution is 7.10. The molecular formula is C15H14N2OS. The Morgan fingerprint density at radius 1 is 1.32 bits per heavy atom. The van der Waals surface area contributed by atoms with E-state index in [0.717, 1.165) is 4.88 Å². The molecule has 0 aliphatic carbocycles.